The molecule has 1 fully saturated rings. The fraction of sp³-hybridized carbons (Fsp3) is 0.381. The lowest BCUT2D eigenvalue weighted by molar-refractivity contribution is -0.137. The summed E-state index contributed by atoms with van der Waals surface area (Å²) in [6, 6.07) is 7.13. The molecule has 1 aromatic carbocycles. The van der Waals surface area contributed by atoms with Crippen molar-refractivity contribution in [3.8, 4) is 21.8 Å². The van der Waals surface area contributed by atoms with Crippen LogP contribution in [0, 0.1) is 5.92 Å². The molecule has 2 aromatic heterocycles. The summed E-state index contributed by atoms with van der Waals surface area (Å²) in [5, 5.41) is 1.44. The Hall–Kier alpha value is -2.13. The quantitative estimate of drug-likeness (QED) is 0.347. The Labute approximate surface area is 181 Å². The molecule has 4 nitrogen and oxygen atoms in total. The molecule has 0 spiro atoms. The average molecular weight is 451 g/mol. The minimum absolute atomic E-state index is 0.442. The Balaban J connectivity index is 1.81. The molecule has 0 amide bonds. The van der Waals surface area contributed by atoms with Crippen LogP contribution in [0.25, 0.3) is 21.8 Å². The third kappa shape index (κ3) is 4.46. The first kappa shape index (κ1) is 21.1. The van der Waals surface area contributed by atoms with Gasteiger partial charge in [0.25, 0.3) is 0 Å². The Kier molecular flexibility index (Phi) is 6.02. The van der Waals surface area contributed by atoms with Gasteiger partial charge in [0.1, 0.15) is 0 Å². The second kappa shape index (κ2) is 8.55. The Bertz CT molecular complexity index is 1030. The van der Waals surface area contributed by atoms with Crippen molar-refractivity contribution in [2.45, 2.75) is 31.1 Å². The Morgan fingerprint density at radius 1 is 1.13 bits per heavy atom. The minimum Gasteiger partial charge on any atom is -0.348 e. The largest absolute Gasteiger partial charge is 0.416 e. The number of thiazole rings is 1. The van der Waals surface area contributed by atoms with Crippen molar-refractivity contribution < 1.29 is 13.2 Å². The summed E-state index contributed by atoms with van der Waals surface area (Å²) in [4.78, 5) is 16.6. The molecule has 0 atom stereocenters. The van der Waals surface area contributed by atoms with Gasteiger partial charge in [0.05, 0.1) is 21.8 Å². The van der Waals surface area contributed by atoms with E-state index in [0.717, 1.165) is 48.1 Å². The number of piperidine rings is 1. The molecule has 1 aliphatic rings. The third-order valence-electron chi connectivity index (χ3n) is 5.18. The summed E-state index contributed by atoms with van der Waals surface area (Å²) in [6.45, 7) is 4.04. The molecule has 1 saturated heterocycles. The van der Waals surface area contributed by atoms with Crippen LogP contribution in [0.4, 0.5) is 18.3 Å². The molecule has 158 valence electrons. The molecule has 0 aliphatic carbocycles. The lowest BCUT2D eigenvalue weighted by atomic mass is 10.00. The standard InChI is InChI=1S/C21H21F3N4S2/c1-13-7-10-28(11-8-13)20-27-17(14-4-3-5-15(12-14)21(22,23)24)18(30-20)16-6-9-25-19(26-16)29-2/h3-6,9,12-13H,7-8,10-11H2,1-2H3. The smallest absolute Gasteiger partial charge is 0.348 e. The summed E-state index contributed by atoms with van der Waals surface area (Å²) in [7, 11) is 0. The number of thioether (sulfide) groups is 1. The first-order valence-corrected chi connectivity index (χ1v) is 11.7. The van der Waals surface area contributed by atoms with E-state index in [0.29, 0.717) is 28.0 Å². The molecule has 0 unspecified atom stereocenters. The van der Waals surface area contributed by atoms with Crippen molar-refractivity contribution >= 4 is 28.2 Å². The monoisotopic (exact) mass is 450 g/mol. The van der Waals surface area contributed by atoms with Gasteiger partial charge in [-0.2, -0.15) is 13.2 Å². The van der Waals surface area contributed by atoms with Gasteiger partial charge in [-0.25, -0.2) is 15.0 Å². The van der Waals surface area contributed by atoms with Crippen LogP contribution in [0.3, 0.4) is 0 Å². The summed E-state index contributed by atoms with van der Waals surface area (Å²) in [6.07, 6.45) is 1.32. The normalized spacial score (nSPS) is 15.6. The molecular weight excluding hydrogens is 429 g/mol. The highest BCUT2D eigenvalue weighted by molar-refractivity contribution is 7.98. The molecule has 0 saturated carbocycles. The molecule has 0 radical (unpaired) electrons. The number of halogens is 3. The maximum absolute atomic E-state index is 13.3. The highest BCUT2D eigenvalue weighted by atomic mass is 32.2. The number of aromatic nitrogens is 3. The highest BCUT2D eigenvalue weighted by Gasteiger charge is 2.31. The van der Waals surface area contributed by atoms with Crippen LogP contribution in [-0.4, -0.2) is 34.3 Å². The predicted molar refractivity (Wildman–Crippen MR) is 116 cm³/mol. The molecule has 3 aromatic rings. The number of benzene rings is 1. The van der Waals surface area contributed by atoms with Crippen molar-refractivity contribution in [2.24, 2.45) is 5.92 Å². The number of hydrogen-bond donors (Lipinski definition) is 0. The van der Waals surface area contributed by atoms with Gasteiger partial charge in [0, 0.05) is 24.8 Å². The van der Waals surface area contributed by atoms with Crippen LogP contribution in [0.2, 0.25) is 0 Å². The van der Waals surface area contributed by atoms with E-state index in [-0.39, 0.29) is 0 Å². The zero-order chi connectivity index (χ0) is 21.3. The second-order valence-electron chi connectivity index (χ2n) is 7.35. The number of alkyl halides is 3. The molecule has 1 aliphatic heterocycles. The molecule has 9 heteroatoms. The molecule has 4 rings (SSSR count). The maximum atomic E-state index is 13.3. The van der Waals surface area contributed by atoms with Crippen molar-refractivity contribution in [3.05, 3.63) is 42.1 Å². The zero-order valence-corrected chi connectivity index (χ0v) is 18.2. The van der Waals surface area contributed by atoms with E-state index in [2.05, 4.69) is 21.8 Å². The van der Waals surface area contributed by atoms with Crippen LogP contribution < -0.4 is 4.90 Å². The van der Waals surface area contributed by atoms with Crippen LogP contribution in [0.15, 0.2) is 41.7 Å². The molecule has 3 heterocycles. The molecule has 0 N–H and O–H groups in total. The van der Waals surface area contributed by atoms with Crippen molar-refractivity contribution in [3.63, 3.8) is 0 Å². The van der Waals surface area contributed by atoms with E-state index in [1.54, 1.807) is 18.3 Å². The fourth-order valence-corrected chi connectivity index (χ4v) is 4.89. The second-order valence-corrected chi connectivity index (χ2v) is 9.10. The van der Waals surface area contributed by atoms with Crippen LogP contribution in [0.5, 0.6) is 0 Å². The van der Waals surface area contributed by atoms with Crippen molar-refractivity contribution in [1.82, 2.24) is 15.0 Å². The van der Waals surface area contributed by atoms with Gasteiger partial charge < -0.3 is 4.90 Å². The summed E-state index contributed by atoms with van der Waals surface area (Å²) in [5.74, 6) is 0.676. The molecular formula is C21H21F3N4S2. The van der Waals surface area contributed by atoms with Gasteiger partial charge in [-0.3, -0.25) is 0 Å². The highest BCUT2D eigenvalue weighted by Crippen LogP contribution is 2.42. The first-order chi connectivity index (χ1) is 14.3. The van der Waals surface area contributed by atoms with E-state index in [4.69, 9.17) is 4.98 Å². The minimum atomic E-state index is -4.40. The Morgan fingerprint density at radius 2 is 1.90 bits per heavy atom. The first-order valence-electron chi connectivity index (χ1n) is 9.66. The number of hydrogen-bond acceptors (Lipinski definition) is 6. The topological polar surface area (TPSA) is 41.9 Å². The van der Waals surface area contributed by atoms with Crippen molar-refractivity contribution in [1.29, 1.82) is 0 Å². The lowest BCUT2D eigenvalue weighted by Gasteiger charge is -2.29. The SMILES string of the molecule is CSc1nccc(-c2sc(N3CCC(C)CC3)nc2-c2cccc(C(F)(F)F)c2)n1. The van der Waals surface area contributed by atoms with Gasteiger partial charge >= 0.3 is 6.18 Å². The van der Waals surface area contributed by atoms with E-state index >= 15 is 0 Å². The van der Waals surface area contributed by atoms with Crippen LogP contribution in [-0.2, 0) is 6.18 Å². The zero-order valence-electron chi connectivity index (χ0n) is 16.6. The Morgan fingerprint density at radius 3 is 2.60 bits per heavy atom. The van der Waals surface area contributed by atoms with Gasteiger partial charge in [-0.1, -0.05) is 42.2 Å². The maximum Gasteiger partial charge on any atom is 0.416 e. The number of nitrogens with zero attached hydrogens (tertiary/aromatic N) is 4. The predicted octanol–water partition coefficient (Wildman–Crippen LogP) is 6.24. The summed E-state index contributed by atoms with van der Waals surface area (Å²) >= 11 is 2.90. The van der Waals surface area contributed by atoms with Crippen molar-refractivity contribution in [2.75, 3.05) is 24.2 Å². The fourth-order valence-electron chi connectivity index (χ4n) is 3.42. The van der Waals surface area contributed by atoms with E-state index in [1.807, 2.05) is 6.26 Å². The van der Waals surface area contributed by atoms with Gasteiger partial charge in [0.2, 0.25) is 0 Å². The van der Waals surface area contributed by atoms with Crippen LogP contribution >= 0.6 is 23.1 Å². The van der Waals surface area contributed by atoms with Gasteiger partial charge in [-0.05, 0) is 43.2 Å². The van der Waals surface area contributed by atoms with Gasteiger partial charge in [0.15, 0.2) is 10.3 Å². The average Bonchev–Trinajstić information content (AvgIpc) is 3.19. The van der Waals surface area contributed by atoms with Gasteiger partial charge in [-0.15, -0.1) is 0 Å². The van der Waals surface area contributed by atoms with E-state index in [9.17, 15) is 13.2 Å². The van der Waals surface area contributed by atoms with E-state index < -0.39 is 11.7 Å². The summed E-state index contributed by atoms with van der Waals surface area (Å²) in [5.41, 5.74) is 0.971. The third-order valence-corrected chi connectivity index (χ3v) is 6.88. The number of rotatable bonds is 4. The lowest BCUT2D eigenvalue weighted by Crippen LogP contribution is -2.32. The summed E-state index contributed by atoms with van der Waals surface area (Å²) < 4.78 is 39.9. The van der Waals surface area contributed by atoms with E-state index in [1.165, 1.54) is 29.2 Å². The van der Waals surface area contributed by atoms with Crippen LogP contribution in [0.1, 0.15) is 25.3 Å². The molecule has 30 heavy (non-hydrogen) atoms. The molecule has 0 bridgehead atoms. The number of anilines is 1.